The Morgan fingerprint density at radius 2 is 1.71 bits per heavy atom. The third-order valence-electron chi connectivity index (χ3n) is 5.00. The first-order chi connectivity index (χ1) is 13.5. The summed E-state index contributed by atoms with van der Waals surface area (Å²) in [5.41, 5.74) is -0.330. The van der Waals surface area contributed by atoms with Crippen molar-refractivity contribution in [1.29, 1.82) is 0 Å². The summed E-state index contributed by atoms with van der Waals surface area (Å²) in [7, 11) is 0. The number of imide groups is 1. The van der Waals surface area contributed by atoms with Crippen LogP contribution in [0.25, 0.3) is 10.8 Å². The number of halogens is 1. The van der Waals surface area contributed by atoms with Crippen molar-refractivity contribution in [2.75, 3.05) is 13.2 Å². The first-order valence-corrected chi connectivity index (χ1v) is 9.37. The van der Waals surface area contributed by atoms with Gasteiger partial charge < -0.3 is 10.1 Å². The second-order valence-corrected chi connectivity index (χ2v) is 7.28. The summed E-state index contributed by atoms with van der Waals surface area (Å²) in [6, 6.07) is 20.1. The highest BCUT2D eigenvalue weighted by molar-refractivity contribution is 6.30. The van der Waals surface area contributed by atoms with Crippen LogP contribution in [-0.4, -0.2) is 30.0 Å². The van der Waals surface area contributed by atoms with Crippen molar-refractivity contribution in [1.82, 2.24) is 10.2 Å². The maximum absolute atomic E-state index is 13.1. The van der Waals surface area contributed by atoms with Gasteiger partial charge >= 0.3 is 6.03 Å². The lowest BCUT2D eigenvalue weighted by molar-refractivity contribution is -0.131. The zero-order valence-electron chi connectivity index (χ0n) is 15.3. The topological polar surface area (TPSA) is 58.6 Å². The fourth-order valence-corrected chi connectivity index (χ4v) is 3.66. The van der Waals surface area contributed by atoms with Crippen LogP contribution in [-0.2, 0) is 10.3 Å². The van der Waals surface area contributed by atoms with Crippen molar-refractivity contribution in [2.24, 2.45) is 0 Å². The van der Waals surface area contributed by atoms with E-state index in [2.05, 4.69) is 5.32 Å². The minimum atomic E-state index is -1.11. The van der Waals surface area contributed by atoms with Gasteiger partial charge in [0, 0.05) is 5.02 Å². The molecule has 1 unspecified atom stereocenters. The Hall–Kier alpha value is -3.05. The average molecular weight is 395 g/mol. The molecule has 1 fully saturated rings. The van der Waals surface area contributed by atoms with Crippen LogP contribution in [0.15, 0.2) is 66.7 Å². The maximum Gasteiger partial charge on any atom is 0.325 e. The molecule has 1 heterocycles. The molecule has 0 spiro atoms. The molecule has 3 aromatic rings. The summed E-state index contributed by atoms with van der Waals surface area (Å²) in [5.74, 6) is 0.349. The summed E-state index contributed by atoms with van der Waals surface area (Å²) in [4.78, 5) is 26.9. The van der Waals surface area contributed by atoms with E-state index in [-0.39, 0.29) is 19.1 Å². The normalized spacial score (nSPS) is 19.1. The van der Waals surface area contributed by atoms with E-state index >= 15 is 0 Å². The first-order valence-electron chi connectivity index (χ1n) is 9.00. The predicted octanol–water partition coefficient (Wildman–Crippen LogP) is 4.34. The van der Waals surface area contributed by atoms with Crippen LogP contribution in [0, 0.1) is 0 Å². The zero-order chi connectivity index (χ0) is 19.7. The number of urea groups is 1. The second-order valence-electron chi connectivity index (χ2n) is 6.84. The molecule has 0 aliphatic carbocycles. The molecule has 142 valence electrons. The summed E-state index contributed by atoms with van der Waals surface area (Å²) in [6.45, 7) is 2.11. The predicted molar refractivity (Wildman–Crippen MR) is 108 cm³/mol. The van der Waals surface area contributed by atoms with Gasteiger partial charge in [-0.3, -0.25) is 9.69 Å². The molecular weight excluding hydrogens is 376 g/mol. The monoisotopic (exact) mass is 394 g/mol. The maximum atomic E-state index is 13.1. The average Bonchev–Trinajstić information content (AvgIpc) is 2.92. The number of amides is 3. The Morgan fingerprint density at radius 1 is 1.00 bits per heavy atom. The Kier molecular flexibility index (Phi) is 4.69. The number of benzene rings is 3. The molecule has 0 saturated carbocycles. The molecule has 6 heteroatoms. The fraction of sp³-hybridized carbons (Fsp3) is 0.182. The SMILES string of the molecule is CC1(c2cccc3ccccc23)NC(=O)N(CCOc2ccc(Cl)cc2)C1=O. The smallest absolute Gasteiger partial charge is 0.325 e. The van der Waals surface area contributed by atoms with Gasteiger partial charge in [0.15, 0.2) is 0 Å². The number of nitrogens with one attached hydrogen (secondary N) is 1. The lowest BCUT2D eigenvalue weighted by atomic mass is 9.88. The Balaban J connectivity index is 1.53. The number of rotatable bonds is 5. The summed E-state index contributed by atoms with van der Waals surface area (Å²) in [6.07, 6.45) is 0. The van der Waals surface area contributed by atoms with Crippen molar-refractivity contribution in [3.63, 3.8) is 0 Å². The number of nitrogens with zero attached hydrogens (tertiary/aromatic N) is 1. The van der Waals surface area contributed by atoms with Crippen LogP contribution in [0.1, 0.15) is 12.5 Å². The van der Waals surface area contributed by atoms with E-state index in [0.717, 1.165) is 16.3 Å². The van der Waals surface area contributed by atoms with Crippen molar-refractivity contribution in [3.8, 4) is 5.75 Å². The minimum Gasteiger partial charge on any atom is -0.492 e. The van der Waals surface area contributed by atoms with Gasteiger partial charge in [-0.1, -0.05) is 54.1 Å². The lowest BCUT2D eigenvalue weighted by Gasteiger charge is -2.24. The van der Waals surface area contributed by atoms with Gasteiger partial charge in [0.1, 0.15) is 17.9 Å². The Labute approximate surface area is 167 Å². The van der Waals surface area contributed by atoms with Crippen molar-refractivity contribution in [3.05, 3.63) is 77.3 Å². The van der Waals surface area contributed by atoms with Crippen molar-refractivity contribution in [2.45, 2.75) is 12.5 Å². The van der Waals surface area contributed by atoms with E-state index in [1.165, 1.54) is 4.90 Å². The molecule has 0 radical (unpaired) electrons. The van der Waals surface area contributed by atoms with E-state index in [4.69, 9.17) is 16.3 Å². The number of fused-ring (bicyclic) bond motifs is 1. The van der Waals surface area contributed by atoms with Crippen LogP contribution in [0.3, 0.4) is 0 Å². The molecule has 4 rings (SSSR count). The highest BCUT2D eigenvalue weighted by atomic mass is 35.5. The van der Waals surface area contributed by atoms with Crippen LogP contribution in [0.2, 0.25) is 5.02 Å². The molecule has 1 saturated heterocycles. The van der Waals surface area contributed by atoms with Gasteiger partial charge in [-0.2, -0.15) is 0 Å². The van der Waals surface area contributed by atoms with E-state index < -0.39 is 11.6 Å². The molecule has 1 N–H and O–H groups in total. The molecule has 3 amide bonds. The van der Waals surface area contributed by atoms with Crippen molar-refractivity contribution >= 4 is 34.3 Å². The zero-order valence-corrected chi connectivity index (χ0v) is 16.1. The van der Waals surface area contributed by atoms with Gasteiger partial charge in [0.2, 0.25) is 0 Å². The quantitative estimate of drug-likeness (QED) is 0.655. The fourth-order valence-electron chi connectivity index (χ4n) is 3.53. The van der Waals surface area contributed by atoms with Crippen LogP contribution < -0.4 is 10.1 Å². The van der Waals surface area contributed by atoms with Crippen LogP contribution in [0.5, 0.6) is 5.75 Å². The molecule has 1 aliphatic heterocycles. The molecule has 1 aliphatic rings. The summed E-state index contributed by atoms with van der Waals surface area (Å²) in [5, 5.41) is 5.44. The third-order valence-corrected chi connectivity index (χ3v) is 5.25. The molecule has 5 nitrogen and oxygen atoms in total. The highest BCUT2D eigenvalue weighted by Crippen LogP contribution is 2.33. The number of hydrogen-bond donors (Lipinski definition) is 1. The van der Waals surface area contributed by atoms with Gasteiger partial charge in [-0.15, -0.1) is 0 Å². The van der Waals surface area contributed by atoms with E-state index in [1.807, 2.05) is 42.5 Å². The lowest BCUT2D eigenvalue weighted by Crippen LogP contribution is -2.41. The van der Waals surface area contributed by atoms with E-state index in [0.29, 0.717) is 10.8 Å². The van der Waals surface area contributed by atoms with Crippen LogP contribution in [0.4, 0.5) is 4.79 Å². The molecule has 0 aromatic heterocycles. The Morgan fingerprint density at radius 3 is 2.50 bits per heavy atom. The van der Waals surface area contributed by atoms with Gasteiger partial charge in [-0.05, 0) is 47.5 Å². The molecule has 0 bridgehead atoms. The second kappa shape index (κ2) is 7.17. The standard InChI is InChI=1S/C22H19ClN2O3/c1-22(19-8-4-6-15-5-2-3-7-18(15)19)20(26)25(21(27)24-22)13-14-28-17-11-9-16(23)10-12-17/h2-12H,13-14H2,1H3,(H,24,27). The molecule has 1 atom stereocenters. The van der Waals surface area contributed by atoms with Gasteiger partial charge in [-0.25, -0.2) is 4.79 Å². The van der Waals surface area contributed by atoms with E-state index in [1.54, 1.807) is 31.2 Å². The molecular formula is C22H19ClN2O3. The summed E-state index contributed by atoms with van der Waals surface area (Å²) >= 11 is 5.86. The van der Waals surface area contributed by atoms with Crippen molar-refractivity contribution < 1.29 is 14.3 Å². The largest absolute Gasteiger partial charge is 0.492 e. The van der Waals surface area contributed by atoms with E-state index in [9.17, 15) is 9.59 Å². The first kappa shape index (κ1) is 18.3. The number of hydrogen-bond acceptors (Lipinski definition) is 3. The van der Waals surface area contributed by atoms with Gasteiger partial charge in [0.05, 0.1) is 6.54 Å². The Bertz CT molecular complexity index is 1050. The summed E-state index contributed by atoms with van der Waals surface area (Å²) < 4.78 is 5.63. The van der Waals surface area contributed by atoms with Crippen LogP contribution >= 0.6 is 11.6 Å². The number of ether oxygens (including phenoxy) is 1. The number of carbonyl (C=O) groups excluding carboxylic acids is 2. The molecule has 3 aromatic carbocycles. The molecule has 28 heavy (non-hydrogen) atoms. The highest BCUT2D eigenvalue weighted by Gasteiger charge is 2.49. The minimum absolute atomic E-state index is 0.160. The van der Waals surface area contributed by atoms with Gasteiger partial charge in [0.25, 0.3) is 5.91 Å². The third kappa shape index (κ3) is 3.18. The number of carbonyl (C=O) groups is 2.